The van der Waals surface area contributed by atoms with E-state index >= 15 is 0 Å². The number of aromatic nitrogens is 1. The number of nitrogens with zero attached hydrogens (tertiary/aromatic N) is 1. The first kappa shape index (κ1) is 14.1. The Bertz CT molecular complexity index is 637. The summed E-state index contributed by atoms with van der Waals surface area (Å²) in [7, 11) is 1.67. The third kappa shape index (κ3) is 3.00. The summed E-state index contributed by atoms with van der Waals surface area (Å²) < 4.78 is 1.54. The molecule has 0 saturated carbocycles. The van der Waals surface area contributed by atoms with E-state index in [4.69, 9.17) is 11.6 Å². The minimum Gasteiger partial charge on any atom is -0.479 e. The highest BCUT2D eigenvalue weighted by Gasteiger charge is 2.23. The molecular weight excluding hydrogens is 280 g/mol. The number of nitrogens with one attached hydrogen (secondary N) is 1. The predicted octanol–water partition coefficient (Wildman–Crippen LogP) is 2.23. The highest BCUT2D eigenvalue weighted by molar-refractivity contribution is 6.31. The van der Waals surface area contributed by atoms with Gasteiger partial charge in [0.1, 0.15) is 5.69 Å². The minimum atomic E-state index is -1.12. The molecule has 2 aromatic rings. The lowest BCUT2D eigenvalue weighted by Gasteiger charge is -2.15. The first-order valence-electron chi connectivity index (χ1n) is 5.89. The van der Waals surface area contributed by atoms with E-state index in [-0.39, 0.29) is 0 Å². The number of carbonyl (C=O) groups excluding carboxylic acids is 1. The van der Waals surface area contributed by atoms with Crippen molar-refractivity contribution in [3.05, 3.63) is 58.9 Å². The molecule has 1 heterocycles. The smallest absolute Gasteiger partial charge is 0.330 e. The van der Waals surface area contributed by atoms with Crippen molar-refractivity contribution in [2.75, 3.05) is 0 Å². The Balaban J connectivity index is 2.23. The number of amides is 1. The number of carboxylic acids is 1. The second-order valence-corrected chi connectivity index (χ2v) is 4.75. The first-order valence-corrected chi connectivity index (χ1v) is 6.27. The molecule has 1 aromatic carbocycles. The van der Waals surface area contributed by atoms with Crippen molar-refractivity contribution in [2.45, 2.75) is 6.04 Å². The van der Waals surface area contributed by atoms with Crippen LogP contribution in [0.2, 0.25) is 5.02 Å². The monoisotopic (exact) mass is 292 g/mol. The summed E-state index contributed by atoms with van der Waals surface area (Å²) in [5.74, 6) is -1.61. The Morgan fingerprint density at radius 3 is 2.45 bits per heavy atom. The predicted molar refractivity (Wildman–Crippen MR) is 74.7 cm³/mol. The number of hydrogen-bond acceptors (Lipinski definition) is 2. The van der Waals surface area contributed by atoms with Gasteiger partial charge in [-0.25, -0.2) is 4.79 Å². The molecule has 1 amide bonds. The number of carboxylic acid groups (broad SMARTS) is 1. The molecule has 6 heteroatoms. The van der Waals surface area contributed by atoms with Gasteiger partial charge in [-0.2, -0.15) is 0 Å². The second-order valence-electron chi connectivity index (χ2n) is 4.31. The number of rotatable bonds is 4. The van der Waals surface area contributed by atoms with Crippen molar-refractivity contribution in [3.63, 3.8) is 0 Å². The van der Waals surface area contributed by atoms with Gasteiger partial charge in [0.05, 0.1) is 5.02 Å². The van der Waals surface area contributed by atoms with E-state index in [1.165, 1.54) is 6.07 Å². The molecule has 0 aliphatic rings. The molecule has 1 atom stereocenters. The van der Waals surface area contributed by atoms with E-state index in [0.29, 0.717) is 16.3 Å². The molecule has 0 radical (unpaired) electrons. The topological polar surface area (TPSA) is 71.3 Å². The van der Waals surface area contributed by atoms with Crippen LogP contribution >= 0.6 is 11.6 Å². The third-order valence-corrected chi connectivity index (χ3v) is 3.07. The Hall–Kier alpha value is -2.27. The van der Waals surface area contributed by atoms with E-state index < -0.39 is 17.9 Å². The number of carbonyl (C=O) groups is 2. The van der Waals surface area contributed by atoms with Crippen molar-refractivity contribution in [2.24, 2.45) is 7.05 Å². The second kappa shape index (κ2) is 5.79. The summed E-state index contributed by atoms with van der Waals surface area (Å²) in [6.07, 6.45) is 1.58. The van der Waals surface area contributed by atoms with Crippen LogP contribution in [-0.4, -0.2) is 21.6 Å². The van der Waals surface area contributed by atoms with Crippen molar-refractivity contribution in [1.29, 1.82) is 0 Å². The van der Waals surface area contributed by atoms with E-state index in [9.17, 15) is 14.7 Å². The zero-order valence-electron chi connectivity index (χ0n) is 10.7. The van der Waals surface area contributed by atoms with Crippen LogP contribution in [0.3, 0.4) is 0 Å². The molecular formula is C14H13ClN2O3. The molecule has 2 N–H and O–H groups in total. The fourth-order valence-corrected chi connectivity index (χ4v) is 2.14. The zero-order chi connectivity index (χ0) is 14.7. The van der Waals surface area contributed by atoms with Gasteiger partial charge in [0.15, 0.2) is 6.04 Å². The number of benzene rings is 1. The van der Waals surface area contributed by atoms with Crippen LogP contribution in [0.1, 0.15) is 22.1 Å². The molecule has 5 nitrogen and oxygen atoms in total. The van der Waals surface area contributed by atoms with Gasteiger partial charge in [0.2, 0.25) is 0 Å². The van der Waals surface area contributed by atoms with Crippen molar-refractivity contribution >= 4 is 23.5 Å². The summed E-state index contributed by atoms with van der Waals surface area (Å²) in [5, 5.41) is 12.2. The fourth-order valence-electron chi connectivity index (χ4n) is 1.89. The van der Waals surface area contributed by atoms with E-state index in [1.807, 2.05) is 0 Å². The Morgan fingerprint density at radius 2 is 1.95 bits per heavy atom. The molecule has 1 aromatic heterocycles. The summed E-state index contributed by atoms with van der Waals surface area (Å²) in [4.78, 5) is 23.4. The van der Waals surface area contributed by atoms with Gasteiger partial charge < -0.3 is 15.0 Å². The van der Waals surface area contributed by atoms with Crippen LogP contribution in [0, 0.1) is 0 Å². The first-order chi connectivity index (χ1) is 9.49. The normalized spacial score (nSPS) is 11.9. The van der Waals surface area contributed by atoms with Crippen LogP contribution in [-0.2, 0) is 11.8 Å². The van der Waals surface area contributed by atoms with Crippen LogP contribution < -0.4 is 5.32 Å². The molecule has 0 saturated heterocycles. The van der Waals surface area contributed by atoms with Crippen molar-refractivity contribution in [3.8, 4) is 0 Å². The largest absolute Gasteiger partial charge is 0.479 e. The fraction of sp³-hybridized carbons (Fsp3) is 0.143. The van der Waals surface area contributed by atoms with Gasteiger partial charge in [0.25, 0.3) is 5.91 Å². The number of halogens is 1. The number of aliphatic carboxylic acids is 1. The van der Waals surface area contributed by atoms with Gasteiger partial charge in [-0.1, -0.05) is 41.9 Å². The van der Waals surface area contributed by atoms with Gasteiger partial charge in [-0.05, 0) is 11.6 Å². The van der Waals surface area contributed by atoms with Crippen LogP contribution in [0.5, 0.6) is 0 Å². The van der Waals surface area contributed by atoms with Gasteiger partial charge in [-0.15, -0.1) is 0 Å². The average Bonchev–Trinajstić information content (AvgIpc) is 2.75. The van der Waals surface area contributed by atoms with E-state index in [2.05, 4.69) is 5.32 Å². The van der Waals surface area contributed by atoms with E-state index in [0.717, 1.165) is 0 Å². The number of hydrogen-bond donors (Lipinski definition) is 2. The van der Waals surface area contributed by atoms with E-state index in [1.54, 1.807) is 48.1 Å². The highest BCUT2D eigenvalue weighted by atomic mass is 35.5. The maximum absolute atomic E-state index is 12.1. The van der Waals surface area contributed by atoms with Crippen molar-refractivity contribution in [1.82, 2.24) is 9.88 Å². The minimum absolute atomic E-state index is 0.303. The number of aryl methyl sites for hydroxylation is 1. The summed E-state index contributed by atoms with van der Waals surface area (Å²) >= 11 is 5.81. The Labute approximate surface area is 120 Å². The lowest BCUT2D eigenvalue weighted by Crippen LogP contribution is -2.34. The van der Waals surface area contributed by atoms with Crippen LogP contribution in [0.25, 0.3) is 0 Å². The molecule has 0 aliphatic carbocycles. The standard InChI is InChI=1S/C14H13ClN2O3/c1-17-8-10(15)7-11(17)13(18)16-12(14(19)20)9-5-3-2-4-6-9/h2-8,12H,1H3,(H,16,18)(H,19,20). The average molecular weight is 293 g/mol. The summed E-state index contributed by atoms with van der Waals surface area (Å²) in [5.41, 5.74) is 0.811. The molecule has 1 unspecified atom stereocenters. The maximum atomic E-state index is 12.1. The zero-order valence-corrected chi connectivity index (χ0v) is 11.5. The SMILES string of the molecule is Cn1cc(Cl)cc1C(=O)NC(C(=O)O)c1ccccc1. The molecule has 0 bridgehead atoms. The molecule has 104 valence electrons. The molecule has 0 spiro atoms. The lowest BCUT2D eigenvalue weighted by molar-refractivity contribution is -0.139. The van der Waals surface area contributed by atoms with Gasteiger partial charge in [0, 0.05) is 13.2 Å². The molecule has 0 fully saturated rings. The van der Waals surface area contributed by atoms with Crippen LogP contribution in [0.4, 0.5) is 0 Å². The maximum Gasteiger partial charge on any atom is 0.330 e. The van der Waals surface area contributed by atoms with Gasteiger partial charge >= 0.3 is 5.97 Å². The summed E-state index contributed by atoms with van der Waals surface area (Å²) in [6.45, 7) is 0. The molecule has 0 aliphatic heterocycles. The molecule has 2 rings (SSSR count). The van der Waals surface area contributed by atoms with Crippen LogP contribution in [0.15, 0.2) is 42.6 Å². The van der Waals surface area contributed by atoms with Crippen molar-refractivity contribution < 1.29 is 14.7 Å². The van der Waals surface area contributed by atoms with Gasteiger partial charge in [-0.3, -0.25) is 4.79 Å². The molecule has 20 heavy (non-hydrogen) atoms. The highest BCUT2D eigenvalue weighted by Crippen LogP contribution is 2.16. The Kier molecular flexibility index (Phi) is 4.10. The Morgan fingerprint density at radius 1 is 1.30 bits per heavy atom. The summed E-state index contributed by atoms with van der Waals surface area (Å²) in [6, 6.07) is 8.90. The third-order valence-electron chi connectivity index (χ3n) is 2.86. The lowest BCUT2D eigenvalue weighted by atomic mass is 10.1. The quantitative estimate of drug-likeness (QED) is 0.908.